The van der Waals surface area contributed by atoms with Crippen LogP contribution in [-0.4, -0.2) is 13.1 Å². The standard InChI is InChI=1S/C12H16O.C5H10O2/c1-10(2)11(3)13-9-12-7-5-4-6-8-12;1-4(2)5(6)7-3/h4-8,10H,3,9H2,1-2H3;4H,1-3H3. The molecule has 1 rings (SSSR count). The van der Waals surface area contributed by atoms with Gasteiger partial charge >= 0.3 is 5.97 Å². The highest BCUT2D eigenvalue weighted by molar-refractivity contribution is 5.71. The lowest BCUT2D eigenvalue weighted by atomic mass is 10.2. The van der Waals surface area contributed by atoms with Crippen LogP contribution in [0.15, 0.2) is 42.7 Å². The van der Waals surface area contributed by atoms with Crippen LogP contribution in [0.3, 0.4) is 0 Å². The molecule has 0 aromatic heterocycles. The summed E-state index contributed by atoms with van der Waals surface area (Å²) in [6.45, 7) is 12.2. The maximum Gasteiger partial charge on any atom is 0.308 e. The molecule has 20 heavy (non-hydrogen) atoms. The van der Waals surface area contributed by atoms with E-state index in [0.29, 0.717) is 12.5 Å². The summed E-state index contributed by atoms with van der Waals surface area (Å²) in [5.74, 6) is 1.09. The van der Waals surface area contributed by atoms with Gasteiger partial charge in [0.05, 0.1) is 18.8 Å². The van der Waals surface area contributed by atoms with Gasteiger partial charge in [0.1, 0.15) is 6.61 Å². The fourth-order valence-corrected chi connectivity index (χ4v) is 1.15. The van der Waals surface area contributed by atoms with Crippen molar-refractivity contribution in [3.8, 4) is 0 Å². The second-order valence-corrected chi connectivity index (χ2v) is 5.07. The average Bonchev–Trinajstić information content (AvgIpc) is 2.45. The second kappa shape index (κ2) is 10.1. The third-order valence-electron chi connectivity index (χ3n) is 2.58. The molecule has 0 amide bonds. The first-order valence-corrected chi connectivity index (χ1v) is 6.81. The number of ether oxygens (including phenoxy) is 2. The highest BCUT2D eigenvalue weighted by Crippen LogP contribution is 2.11. The number of hydrogen-bond donors (Lipinski definition) is 0. The van der Waals surface area contributed by atoms with Crippen molar-refractivity contribution in [2.75, 3.05) is 7.11 Å². The number of carbonyl (C=O) groups is 1. The zero-order valence-corrected chi connectivity index (χ0v) is 13.2. The summed E-state index contributed by atoms with van der Waals surface area (Å²) in [5.41, 5.74) is 1.18. The van der Waals surface area contributed by atoms with Gasteiger partial charge in [0.2, 0.25) is 0 Å². The first-order chi connectivity index (χ1) is 9.38. The van der Waals surface area contributed by atoms with Crippen LogP contribution in [-0.2, 0) is 20.9 Å². The molecule has 0 saturated carbocycles. The van der Waals surface area contributed by atoms with Gasteiger partial charge in [0.15, 0.2) is 0 Å². The van der Waals surface area contributed by atoms with Gasteiger partial charge in [-0.15, -0.1) is 0 Å². The molecular formula is C17H26O3. The van der Waals surface area contributed by atoms with E-state index in [2.05, 4.69) is 25.2 Å². The van der Waals surface area contributed by atoms with E-state index in [1.165, 1.54) is 12.7 Å². The Kier molecular flexibility index (Phi) is 9.18. The quantitative estimate of drug-likeness (QED) is 0.598. The van der Waals surface area contributed by atoms with Crippen LogP contribution in [0.2, 0.25) is 0 Å². The highest BCUT2D eigenvalue weighted by Gasteiger charge is 2.03. The van der Waals surface area contributed by atoms with E-state index in [0.717, 1.165) is 5.76 Å². The molecular weight excluding hydrogens is 252 g/mol. The molecule has 0 spiro atoms. The molecule has 3 heteroatoms. The minimum absolute atomic E-state index is 0.00463. The zero-order valence-electron chi connectivity index (χ0n) is 13.2. The Morgan fingerprint density at radius 3 is 2.00 bits per heavy atom. The van der Waals surface area contributed by atoms with Gasteiger partial charge in [0, 0.05) is 5.92 Å². The molecule has 0 aliphatic carbocycles. The molecule has 0 atom stereocenters. The van der Waals surface area contributed by atoms with Crippen molar-refractivity contribution in [2.45, 2.75) is 34.3 Å². The monoisotopic (exact) mass is 278 g/mol. The minimum atomic E-state index is -0.153. The SMILES string of the molecule is C=C(OCc1ccccc1)C(C)C.COC(=O)C(C)C. The van der Waals surface area contributed by atoms with Gasteiger partial charge in [-0.05, 0) is 5.56 Å². The molecule has 0 heterocycles. The van der Waals surface area contributed by atoms with Gasteiger partial charge in [-0.2, -0.15) is 0 Å². The fraction of sp³-hybridized carbons (Fsp3) is 0.471. The summed E-state index contributed by atoms with van der Waals surface area (Å²) < 4.78 is 9.87. The molecule has 0 N–H and O–H groups in total. The number of methoxy groups -OCH3 is 1. The maximum absolute atomic E-state index is 10.3. The zero-order chi connectivity index (χ0) is 15.5. The van der Waals surface area contributed by atoms with E-state index in [9.17, 15) is 4.79 Å². The number of hydrogen-bond acceptors (Lipinski definition) is 3. The molecule has 112 valence electrons. The lowest BCUT2D eigenvalue weighted by molar-refractivity contribution is -0.144. The summed E-state index contributed by atoms with van der Waals surface area (Å²) in [6, 6.07) is 10.1. The first kappa shape index (κ1) is 18.2. The Hall–Kier alpha value is -1.77. The lowest BCUT2D eigenvalue weighted by Gasteiger charge is -2.11. The molecule has 0 fully saturated rings. The summed E-state index contributed by atoms with van der Waals surface area (Å²) in [7, 11) is 1.39. The lowest BCUT2D eigenvalue weighted by Crippen LogP contribution is -2.07. The topological polar surface area (TPSA) is 35.5 Å². The fourth-order valence-electron chi connectivity index (χ4n) is 1.15. The number of rotatable bonds is 5. The molecule has 0 radical (unpaired) electrons. The van der Waals surface area contributed by atoms with E-state index >= 15 is 0 Å². The van der Waals surface area contributed by atoms with Crippen molar-refractivity contribution in [3.63, 3.8) is 0 Å². The van der Waals surface area contributed by atoms with E-state index in [4.69, 9.17) is 4.74 Å². The summed E-state index contributed by atoms with van der Waals surface area (Å²) >= 11 is 0. The predicted octanol–water partition coefficient (Wildman–Crippen LogP) is 4.19. The van der Waals surface area contributed by atoms with Gasteiger partial charge in [-0.3, -0.25) is 4.79 Å². The average molecular weight is 278 g/mol. The Morgan fingerprint density at radius 1 is 1.10 bits per heavy atom. The van der Waals surface area contributed by atoms with Crippen molar-refractivity contribution in [1.29, 1.82) is 0 Å². The number of carbonyl (C=O) groups excluding carboxylic acids is 1. The Bertz CT molecular complexity index is 394. The molecule has 0 saturated heterocycles. The maximum atomic E-state index is 10.3. The molecule has 0 aliphatic heterocycles. The van der Waals surface area contributed by atoms with E-state index in [1.54, 1.807) is 13.8 Å². The molecule has 0 unspecified atom stereocenters. The summed E-state index contributed by atoms with van der Waals surface area (Å²) in [6.07, 6.45) is 0. The number of esters is 1. The van der Waals surface area contributed by atoms with Gasteiger partial charge < -0.3 is 9.47 Å². The Labute approximate surface area is 122 Å². The van der Waals surface area contributed by atoms with Crippen molar-refractivity contribution in [1.82, 2.24) is 0 Å². The normalized spacial score (nSPS) is 9.75. The minimum Gasteiger partial charge on any atom is -0.494 e. The number of benzene rings is 1. The molecule has 3 nitrogen and oxygen atoms in total. The van der Waals surface area contributed by atoms with Crippen LogP contribution in [0, 0.1) is 11.8 Å². The molecule has 1 aromatic carbocycles. The molecule has 0 aliphatic rings. The van der Waals surface area contributed by atoms with Crippen LogP contribution in [0.25, 0.3) is 0 Å². The summed E-state index contributed by atoms with van der Waals surface area (Å²) in [4.78, 5) is 10.3. The van der Waals surface area contributed by atoms with Crippen LogP contribution in [0.4, 0.5) is 0 Å². The van der Waals surface area contributed by atoms with Crippen molar-refractivity contribution >= 4 is 5.97 Å². The molecule has 0 bridgehead atoms. The molecule has 1 aromatic rings. The predicted molar refractivity (Wildman–Crippen MR) is 82.1 cm³/mol. The van der Waals surface area contributed by atoms with Crippen LogP contribution in [0.1, 0.15) is 33.3 Å². The Morgan fingerprint density at radius 2 is 1.65 bits per heavy atom. The van der Waals surface area contributed by atoms with E-state index < -0.39 is 0 Å². The Balaban J connectivity index is 0.000000441. The van der Waals surface area contributed by atoms with Gasteiger partial charge in [-0.25, -0.2) is 0 Å². The van der Waals surface area contributed by atoms with Gasteiger partial charge in [0.25, 0.3) is 0 Å². The highest BCUT2D eigenvalue weighted by atomic mass is 16.5. The summed E-state index contributed by atoms with van der Waals surface area (Å²) in [5, 5.41) is 0. The van der Waals surface area contributed by atoms with Crippen molar-refractivity contribution in [3.05, 3.63) is 48.2 Å². The van der Waals surface area contributed by atoms with Crippen molar-refractivity contribution in [2.24, 2.45) is 11.8 Å². The second-order valence-electron chi connectivity index (χ2n) is 5.07. The smallest absolute Gasteiger partial charge is 0.308 e. The van der Waals surface area contributed by atoms with E-state index in [1.807, 2.05) is 30.3 Å². The van der Waals surface area contributed by atoms with Crippen molar-refractivity contribution < 1.29 is 14.3 Å². The van der Waals surface area contributed by atoms with Gasteiger partial charge in [-0.1, -0.05) is 64.6 Å². The largest absolute Gasteiger partial charge is 0.494 e. The van der Waals surface area contributed by atoms with Crippen LogP contribution in [0.5, 0.6) is 0 Å². The number of allylic oxidation sites excluding steroid dienone is 1. The third kappa shape index (κ3) is 8.35. The van der Waals surface area contributed by atoms with Crippen LogP contribution >= 0.6 is 0 Å². The first-order valence-electron chi connectivity index (χ1n) is 6.81. The van der Waals surface area contributed by atoms with Crippen LogP contribution < -0.4 is 0 Å². The third-order valence-corrected chi connectivity index (χ3v) is 2.58. The van der Waals surface area contributed by atoms with E-state index in [-0.39, 0.29) is 11.9 Å².